The van der Waals surface area contributed by atoms with Crippen molar-refractivity contribution in [3.05, 3.63) is 0 Å². The minimum Gasteiger partial charge on any atom is -0.480 e. The van der Waals surface area contributed by atoms with Gasteiger partial charge in [-0.15, -0.1) is 0 Å². The van der Waals surface area contributed by atoms with Crippen molar-refractivity contribution in [3.63, 3.8) is 0 Å². The summed E-state index contributed by atoms with van der Waals surface area (Å²) in [7, 11) is 0. The molecule has 0 aromatic rings. The van der Waals surface area contributed by atoms with E-state index in [2.05, 4.69) is 23.6 Å². The van der Waals surface area contributed by atoms with Crippen LogP contribution in [0.2, 0.25) is 0 Å². The fourth-order valence-corrected chi connectivity index (χ4v) is 2.56. The van der Waals surface area contributed by atoms with Crippen molar-refractivity contribution in [2.24, 2.45) is 5.73 Å². The summed E-state index contributed by atoms with van der Waals surface area (Å²) in [4.78, 5) is 16.0. The van der Waals surface area contributed by atoms with E-state index >= 15 is 0 Å². The van der Waals surface area contributed by atoms with Gasteiger partial charge in [-0.05, 0) is 39.7 Å². The van der Waals surface area contributed by atoms with Crippen LogP contribution < -0.4 is 5.73 Å². The van der Waals surface area contributed by atoms with Gasteiger partial charge >= 0.3 is 5.97 Å². The van der Waals surface area contributed by atoms with Crippen molar-refractivity contribution in [3.8, 4) is 0 Å². The van der Waals surface area contributed by atoms with Crippen molar-refractivity contribution in [2.75, 3.05) is 32.7 Å². The number of carboxylic acid groups (broad SMARTS) is 1. The van der Waals surface area contributed by atoms with Crippen LogP contribution in [0, 0.1) is 0 Å². The van der Waals surface area contributed by atoms with Gasteiger partial charge in [0.15, 0.2) is 0 Å². The van der Waals surface area contributed by atoms with E-state index in [0.717, 1.165) is 39.1 Å². The Hall–Kier alpha value is -0.650. The highest BCUT2D eigenvalue weighted by molar-refractivity contribution is 5.78. The Morgan fingerprint density at radius 3 is 2.32 bits per heavy atom. The lowest BCUT2D eigenvalue weighted by molar-refractivity contribution is -0.143. The average molecular weight is 271 g/mol. The van der Waals surface area contributed by atoms with Gasteiger partial charge < -0.3 is 15.7 Å². The van der Waals surface area contributed by atoms with Crippen LogP contribution >= 0.6 is 0 Å². The molecule has 0 spiro atoms. The second-order valence-electron chi connectivity index (χ2n) is 5.89. The molecule has 3 N–H and O–H groups in total. The van der Waals surface area contributed by atoms with Crippen LogP contribution in [0.1, 0.15) is 40.0 Å². The van der Waals surface area contributed by atoms with Gasteiger partial charge in [0.25, 0.3) is 0 Å². The maximum atomic E-state index is 11.1. The van der Waals surface area contributed by atoms with Gasteiger partial charge in [0.1, 0.15) is 5.54 Å². The standard InChI is InChI=1S/C14H29N3O2/c1-4-14(15,13(18)19)6-5-7-16-8-10-17(11-9-16)12(2)3/h12H,4-11,15H2,1-3H3,(H,18,19). The molecule has 19 heavy (non-hydrogen) atoms. The summed E-state index contributed by atoms with van der Waals surface area (Å²) in [5.74, 6) is -0.875. The molecular weight excluding hydrogens is 242 g/mol. The Labute approximate surface area is 116 Å². The van der Waals surface area contributed by atoms with Crippen LogP contribution in [0.3, 0.4) is 0 Å². The number of rotatable bonds is 7. The van der Waals surface area contributed by atoms with Gasteiger partial charge in [0.2, 0.25) is 0 Å². The zero-order valence-electron chi connectivity index (χ0n) is 12.6. The summed E-state index contributed by atoms with van der Waals surface area (Å²) in [5, 5.41) is 9.12. The highest BCUT2D eigenvalue weighted by Gasteiger charge is 2.31. The number of aliphatic carboxylic acids is 1. The molecule has 0 aromatic heterocycles. The third-order valence-electron chi connectivity index (χ3n) is 4.29. The molecule has 1 atom stereocenters. The number of hydrogen-bond acceptors (Lipinski definition) is 4. The van der Waals surface area contributed by atoms with Gasteiger partial charge in [-0.25, -0.2) is 0 Å². The number of hydrogen-bond donors (Lipinski definition) is 2. The fourth-order valence-electron chi connectivity index (χ4n) is 2.56. The van der Waals surface area contributed by atoms with E-state index in [1.165, 1.54) is 0 Å². The van der Waals surface area contributed by atoms with Gasteiger partial charge in [-0.3, -0.25) is 9.69 Å². The molecule has 1 unspecified atom stereocenters. The third kappa shape index (κ3) is 4.75. The van der Waals surface area contributed by atoms with E-state index in [1.807, 2.05) is 6.92 Å². The van der Waals surface area contributed by atoms with Crippen molar-refractivity contribution in [1.29, 1.82) is 0 Å². The lowest BCUT2D eigenvalue weighted by Crippen LogP contribution is -2.50. The van der Waals surface area contributed by atoms with Gasteiger partial charge in [0.05, 0.1) is 0 Å². The Balaban J connectivity index is 2.26. The molecule has 1 fully saturated rings. The Kier molecular flexibility index (Phi) is 6.23. The first-order valence-corrected chi connectivity index (χ1v) is 7.37. The summed E-state index contributed by atoms with van der Waals surface area (Å²) >= 11 is 0. The molecular formula is C14H29N3O2. The molecule has 1 saturated heterocycles. The van der Waals surface area contributed by atoms with E-state index in [9.17, 15) is 4.79 Å². The van der Waals surface area contributed by atoms with Crippen molar-refractivity contribution in [2.45, 2.75) is 51.6 Å². The molecule has 0 aliphatic carbocycles. The van der Waals surface area contributed by atoms with Crippen molar-refractivity contribution in [1.82, 2.24) is 9.80 Å². The molecule has 0 amide bonds. The summed E-state index contributed by atoms with van der Waals surface area (Å²) in [5.41, 5.74) is 4.85. The first-order chi connectivity index (χ1) is 8.89. The number of piperazine rings is 1. The van der Waals surface area contributed by atoms with E-state index in [4.69, 9.17) is 10.8 Å². The zero-order chi connectivity index (χ0) is 14.5. The maximum absolute atomic E-state index is 11.1. The second-order valence-corrected chi connectivity index (χ2v) is 5.89. The Morgan fingerprint density at radius 1 is 1.32 bits per heavy atom. The number of carbonyl (C=O) groups is 1. The quantitative estimate of drug-likeness (QED) is 0.722. The predicted octanol–water partition coefficient (Wildman–Crippen LogP) is 0.985. The molecule has 112 valence electrons. The van der Waals surface area contributed by atoms with Crippen molar-refractivity contribution < 1.29 is 9.90 Å². The Bertz CT molecular complexity index is 288. The van der Waals surface area contributed by atoms with Gasteiger partial charge in [0, 0.05) is 32.2 Å². The van der Waals surface area contributed by atoms with Crippen LogP contribution in [0.4, 0.5) is 0 Å². The monoisotopic (exact) mass is 271 g/mol. The largest absolute Gasteiger partial charge is 0.480 e. The summed E-state index contributed by atoms with van der Waals surface area (Å²) in [6, 6.07) is 0.617. The summed E-state index contributed by atoms with van der Waals surface area (Å²) in [6.45, 7) is 11.6. The van der Waals surface area contributed by atoms with Crippen LogP contribution in [-0.2, 0) is 4.79 Å². The zero-order valence-corrected chi connectivity index (χ0v) is 12.6. The van der Waals surface area contributed by atoms with Gasteiger partial charge in [-0.2, -0.15) is 0 Å². The first kappa shape index (κ1) is 16.4. The van der Waals surface area contributed by atoms with E-state index in [-0.39, 0.29) is 0 Å². The number of carboxylic acids is 1. The fraction of sp³-hybridized carbons (Fsp3) is 0.929. The molecule has 5 heteroatoms. The molecule has 0 saturated carbocycles. The normalized spacial score (nSPS) is 21.5. The molecule has 5 nitrogen and oxygen atoms in total. The third-order valence-corrected chi connectivity index (χ3v) is 4.29. The molecule has 0 radical (unpaired) electrons. The van der Waals surface area contributed by atoms with E-state index in [0.29, 0.717) is 18.9 Å². The molecule has 1 heterocycles. The summed E-state index contributed by atoms with van der Waals surface area (Å²) < 4.78 is 0. The molecule has 1 aliphatic heterocycles. The first-order valence-electron chi connectivity index (χ1n) is 7.37. The van der Waals surface area contributed by atoms with Crippen LogP contribution in [-0.4, -0.2) is 65.2 Å². The van der Waals surface area contributed by atoms with Gasteiger partial charge in [-0.1, -0.05) is 6.92 Å². The minimum absolute atomic E-state index is 0.490. The van der Waals surface area contributed by atoms with Crippen LogP contribution in [0.15, 0.2) is 0 Å². The number of nitrogens with two attached hydrogens (primary N) is 1. The number of nitrogens with zero attached hydrogens (tertiary/aromatic N) is 2. The van der Waals surface area contributed by atoms with Crippen molar-refractivity contribution >= 4 is 5.97 Å². The summed E-state index contributed by atoms with van der Waals surface area (Å²) in [6.07, 6.45) is 1.91. The Morgan fingerprint density at radius 2 is 1.89 bits per heavy atom. The van der Waals surface area contributed by atoms with Crippen LogP contribution in [0.25, 0.3) is 0 Å². The lowest BCUT2D eigenvalue weighted by atomic mass is 9.92. The smallest absolute Gasteiger partial charge is 0.323 e. The highest BCUT2D eigenvalue weighted by Crippen LogP contribution is 2.15. The van der Waals surface area contributed by atoms with Crippen LogP contribution in [0.5, 0.6) is 0 Å². The van der Waals surface area contributed by atoms with E-state index in [1.54, 1.807) is 0 Å². The minimum atomic E-state index is -1.04. The predicted molar refractivity (Wildman–Crippen MR) is 77.2 cm³/mol. The molecule has 1 rings (SSSR count). The maximum Gasteiger partial charge on any atom is 0.323 e. The molecule has 0 aromatic carbocycles. The second kappa shape index (κ2) is 7.22. The van der Waals surface area contributed by atoms with E-state index < -0.39 is 11.5 Å². The average Bonchev–Trinajstić information content (AvgIpc) is 2.38. The lowest BCUT2D eigenvalue weighted by Gasteiger charge is -2.37. The molecule has 1 aliphatic rings. The molecule has 0 bridgehead atoms. The topological polar surface area (TPSA) is 69.8 Å². The highest BCUT2D eigenvalue weighted by atomic mass is 16.4. The SMILES string of the molecule is CCC(N)(CCCN1CCN(C(C)C)CC1)C(=O)O.